The predicted molar refractivity (Wildman–Crippen MR) is 69.9 cm³/mol. The van der Waals surface area contributed by atoms with E-state index in [1.165, 1.54) is 24.3 Å². The number of aromatic amines is 1. The molecule has 2 rings (SSSR count). The van der Waals surface area contributed by atoms with Crippen LogP contribution in [0.4, 0.5) is 8.78 Å². The van der Waals surface area contributed by atoms with Crippen molar-refractivity contribution in [1.82, 2.24) is 9.97 Å². The Morgan fingerprint density at radius 1 is 1.32 bits per heavy atom. The average Bonchev–Trinajstić information content (AvgIpc) is 2.34. The second kappa shape index (κ2) is 5.32. The number of rotatable bonds is 2. The van der Waals surface area contributed by atoms with E-state index in [-0.39, 0.29) is 16.9 Å². The summed E-state index contributed by atoms with van der Waals surface area (Å²) in [6.07, 6.45) is 2.78. The highest BCUT2D eigenvalue weighted by Crippen LogP contribution is 2.23. The number of aryl methyl sites for hydroxylation is 1. The van der Waals surface area contributed by atoms with E-state index in [0.717, 1.165) is 6.07 Å². The predicted octanol–water partition coefficient (Wildman–Crippen LogP) is 3.18. The van der Waals surface area contributed by atoms with Crippen molar-refractivity contribution in [3.8, 4) is 0 Å². The van der Waals surface area contributed by atoms with Gasteiger partial charge >= 0.3 is 0 Å². The Balaban J connectivity index is 2.38. The van der Waals surface area contributed by atoms with Crippen LogP contribution in [0.2, 0.25) is 5.02 Å². The van der Waals surface area contributed by atoms with E-state index in [2.05, 4.69) is 9.97 Å². The van der Waals surface area contributed by atoms with Gasteiger partial charge in [-0.1, -0.05) is 11.6 Å². The fourth-order valence-electron chi connectivity index (χ4n) is 1.52. The zero-order valence-corrected chi connectivity index (χ0v) is 10.6. The lowest BCUT2D eigenvalue weighted by Crippen LogP contribution is -2.08. The smallest absolute Gasteiger partial charge is 0.251 e. The average molecular weight is 283 g/mol. The Kier molecular flexibility index (Phi) is 3.76. The van der Waals surface area contributed by atoms with Crippen molar-refractivity contribution in [3.05, 3.63) is 62.3 Å². The van der Waals surface area contributed by atoms with Crippen molar-refractivity contribution in [3.63, 3.8) is 0 Å². The fraction of sp³-hybridized carbons (Fsp3) is 0.0769. The van der Waals surface area contributed by atoms with Crippen molar-refractivity contribution in [2.45, 2.75) is 6.92 Å². The van der Waals surface area contributed by atoms with E-state index in [0.29, 0.717) is 5.69 Å². The van der Waals surface area contributed by atoms with Gasteiger partial charge in [0.15, 0.2) is 5.82 Å². The van der Waals surface area contributed by atoms with Crippen molar-refractivity contribution in [1.29, 1.82) is 0 Å². The first-order chi connectivity index (χ1) is 8.97. The minimum atomic E-state index is -0.854. The van der Waals surface area contributed by atoms with Gasteiger partial charge in [0.1, 0.15) is 16.7 Å². The Bertz CT molecular complexity index is 710. The molecule has 0 unspecified atom stereocenters. The molecule has 0 amide bonds. The number of H-pyrrole nitrogens is 1. The molecule has 2 aromatic rings. The summed E-state index contributed by atoms with van der Waals surface area (Å²) in [5.74, 6) is -1.39. The molecule has 0 bridgehead atoms. The molecule has 1 N–H and O–H groups in total. The summed E-state index contributed by atoms with van der Waals surface area (Å²) >= 11 is 5.46. The van der Waals surface area contributed by atoms with Crippen molar-refractivity contribution >= 4 is 23.8 Å². The van der Waals surface area contributed by atoms with Crippen LogP contribution in [0.5, 0.6) is 0 Å². The molecule has 0 saturated carbocycles. The minimum absolute atomic E-state index is 0.107. The highest BCUT2D eigenvalue weighted by atomic mass is 35.5. The normalized spacial score (nSPS) is 11.2. The third-order valence-corrected chi connectivity index (χ3v) is 2.72. The van der Waals surface area contributed by atoms with E-state index in [1.807, 2.05) is 0 Å². The van der Waals surface area contributed by atoms with Gasteiger partial charge < -0.3 is 4.98 Å². The Morgan fingerprint density at radius 2 is 2.05 bits per heavy atom. The number of halogens is 3. The first-order valence-electron chi connectivity index (χ1n) is 5.37. The van der Waals surface area contributed by atoms with Gasteiger partial charge in [0.2, 0.25) is 0 Å². The second-order valence-electron chi connectivity index (χ2n) is 3.87. The first kappa shape index (κ1) is 13.4. The maximum Gasteiger partial charge on any atom is 0.251 e. The second-order valence-corrected chi connectivity index (χ2v) is 4.25. The first-order valence-corrected chi connectivity index (χ1v) is 5.74. The maximum atomic E-state index is 13.6. The molecule has 98 valence electrons. The molecule has 1 heterocycles. The summed E-state index contributed by atoms with van der Waals surface area (Å²) in [6.45, 7) is 1.67. The lowest BCUT2D eigenvalue weighted by atomic mass is 10.2. The molecule has 0 aliphatic rings. The largest absolute Gasteiger partial charge is 0.307 e. The molecular weight excluding hydrogens is 274 g/mol. The quantitative estimate of drug-likeness (QED) is 0.860. The molecule has 0 aliphatic heterocycles. The van der Waals surface area contributed by atoms with Crippen LogP contribution < -0.4 is 5.56 Å². The number of hydrogen-bond donors (Lipinski definition) is 1. The molecule has 6 heteroatoms. The Hall–Kier alpha value is -2.01. The lowest BCUT2D eigenvalue weighted by Gasteiger charge is -2.00. The summed E-state index contributed by atoms with van der Waals surface area (Å²) in [7, 11) is 0. The standard InChI is InChI=1S/C13H9ClF2N2O/c1-7-6-11(19)18-10(17-7)5-3-8-2-4-9(15)12(14)13(8)16/h2-6H,1H3,(H,17,18,19). The van der Waals surface area contributed by atoms with Crippen LogP contribution in [0, 0.1) is 18.6 Å². The highest BCUT2D eigenvalue weighted by Gasteiger charge is 2.09. The van der Waals surface area contributed by atoms with Gasteiger partial charge in [0, 0.05) is 17.3 Å². The van der Waals surface area contributed by atoms with Gasteiger partial charge in [-0.3, -0.25) is 4.79 Å². The summed E-state index contributed by atoms with van der Waals surface area (Å²) in [4.78, 5) is 17.7. The van der Waals surface area contributed by atoms with Gasteiger partial charge in [-0.2, -0.15) is 0 Å². The summed E-state index contributed by atoms with van der Waals surface area (Å²) in [5, 5.41) is -0.562. The molecular formula is C13H9ClF2N2O. The van der Waals surface area contributed by atoms with E-state index in [9.17, 15) is 13.6 Å². The van der Waals surface area contributed by atoms with E-state index < -0.39 is 16.7 Å². The third kappa shape index (κ3) is 3.06. The third-order valence-electron chi connectivity index (χ3n) is 2.37. The topological polar surface area (TPSA) is 45.8 Å². The van der Waals surface area contributed by atoms with Crippen LogP contribution in [0.1, 0.15) is 17.1 Å². The van der Waals surface area contributed by atoms with Crippen LogP contribution in [0.3, 0.4) is 0 Å². The summed E-state index contributed by atoms with van der Waals surface area (Å²) in [5.41, 5.74) is 0.348. The van der Waals surface area contributed by atoms with Crippen molar-refractivity contribution in [2.75, 3.05) is 0 Å². The number of nitrogens with one attached hydrogen (secondary N) is 1. The van der Waals surface area contributed by atoms with Gasteiger partial charge in [0.25, 0.3) is 5.56 Å². The lowest BCUT2D eigenvalue weighted by molar-refractivity contribution is 0.582. The van der Waals surface area contributed by atoms with E-state index in [4.69, 9.17) is 11.6 Å². The van der Waals surface area contributed by atoms with Crippen LogP contribution >= 0.6 is 11.6 Å². The van der Waals surface area contributed by atoms with Crippen LogP contribution in [0.15, 0.2) is 23.0 Å². The van der Waals surface area contributed by atoms with Crippen LogP contribution in [-0.2, 0) is 0 Å². The maximum absolute atomic E-state index is 13.6. The van der Waals surface area contributed by atoms with Gasteiger partial charge in [-0.15, -0.1) is 0 Å². The monoisotopic (exact) mass is 282 g/mol. The van der Waals surface area contributed by atoms with Gasteiger partial charge in [-0.25, -0.2) is 13.8 Å². The SMILES string of the molecule is Cc1cc(=O)[nH]c(C=Cc2ccc(F)c(Cl)c2F)n1. The van der Waals surface area contributed by atoms with Crippen molar-refractivity contribution < 1.29 is 8.78 Å². The zero-order valence-electron chi connectivity index (χ0n) is 9.88. The Morgan fingerprint density at radius 3 is 2.74 bits per heavy atom. The number of nitrogens with zero attached hydrogens (tertiary/aromatic N) is 1. The highest BCUT2D eigenvalue weighted by molar-refractivity contribution is 6.31. The number of aromatic nitrogens is 2. The molecule has 19 heavy (non-hydrogen) atoms. The van der Waals surface area contributed by atoms with E-state index >= 15 is 0 Å². The molecule has 0 saturated heterocycles. The molecule has 3 nitrogen and oxygen atoms in total. The minimum Gasteiger partial charge on any atom is -0.307 e. The van der Waals surface area contributed by atoms with Crippen LogP contribution in [-0.4, -0.2) is 9.97 Å². The molecule has 0 spiro atoms. The number of hydrogen-bond acceptors (Lipinski definition) is 2. The van der Waals surface area contributed by atoms with E-state index in [1.54, 1.807) is 6.92 Å². The number of benzene rings is 1. The zero-order chi connectivity index (χ0) is 14.0. The molecule has 1 aromatic heterocycles. The molecule has 0 aliphatic carbocycles. The van der Waals surface area contributed by atoms with Crippen LogP contribution in [0.25, 0.3) is 12.2 Å². The Labute approximate surface area is 112 Å². The molecule has 0 fully saturated rings. The molecule has 0 radical (unpaired) electrons. The molecule has 0 atom stereocenters. The van der Waals surface area contributed by atoms with Gasteiger partial charge in [-0.05, 0) is 31.2 Å². The fourth-order valence-corrected chi connectivity index (χ4v) is 1.69. The van der Waals surface area contributed by atoms with Crippen molar-refractivity contribution in [2.24, 2.45) is 0 Å². The molecule has 1 aromatic carbocycles. The van der Waals surface area contributed by atoms with Gasteiger partial charge in [0.05, 0.1) is 0 Å². The summed E-state index contributed by atoms with van der Waals surface area (Å²) in [6, 6.07) is 3.66. The summed E-state index contributed by atoms with van der Waals surface area (Å²) < 4.78 is 26.6.